The number of rotatable bonds is 4. The maximum Gasteiger partial charge on any atom is 0.294 e. The van der Waals surface area contributed by atoms with Gasteiger partial charge in [-0.2, -0.15) is 8.42 Å². The van der Waals surface area contributed by atoms with Crippen molar-refractivity contribution in [2.75, 3.05) is 11.9 Å². The molecule has 0 radical (unpaired) electrons. The Morgan fingerprint density at radius 1 is 1.11 bits per heavy atom. The smallest absolute Gasteiger partial charge is 0.294 e. The van der Waals surface area contributed by atoms with Gasteiger partial charge in [0.1, 0.15) is 5.82 Å². The number of allylic oxidation sites excluding steroid dienone is 1. The van der Waals surface area contributed by atoms with Gasteiger partial charge in [0.05, 0.1) is 21.6 Å². The highest BCUT2D eigenvalue weighted by Gasteiger charge is 2.28. The van der Waals surface area contributed by atoms with Crippen LogP contribution in [0, 0.1) is 0 Å². The number of hydrogen-bond acceptors (Lipinski definition) is 6. The number of hydrogen-bond donors (Lipinski definition) is 3. The summed E-state index contributed by atoms with van der Waals surface area (Å²) in [6, 6.07) is 15.7. The van der Waals surface area contributed by atoms with E-state index in [1.807, 2.05) is 41.4 Å². The monoisotopic (exact) mass is 446 g/mol. The fourth-order valence-electron chi connectivity index (χ4n) is 2.78. The SMILES string of the molecule is O=S(=O)(O)c1ccc(NC2=CC(c3ccccc3)=NC3=C(Br)CNN23)cc1. The summed E-state index contributed by atoms with van der Waals surface area (Å²) in [5.74, 6) is 1.50. The van der Waals surface area contributed by atoms with Gasteiger partial charge in [-0.1, -0.05) is 46.3 Å². The quantitative estimate of drug-likeness (QED) is 0.624. The standard InChI is InChI=1S/C18H15BrN4O3S/c19-15-11-20-23-17(21-13-6-8-14(9-7-13)27(24,25)26)10-16(22-18(15)23)12-4-2-1-3-5-12/h1-10,20-21H,11H2,(H,24,25,26). The first-order valence-corrected chi connectivity index (χ1v) is 10.3. The van der Waals surface area contributed by atoms with Gasteiger partial charge in [-0.05, 0) is 24.3 Å². The Bertz CT molecular complexity index is 1080. The van der Waals surface area contributed by atoms with E-state index >= 15 is 0 Å². The largest absolute Gasteiger partial charge is 0.340 e. The van der Waals surface area contributed by atoms with E-state index in [0.717, 1.165) is 27.4 Å². The highest BCUT2D eigenvalue weighted by Crippen LogP contribution is 2.30. The van der Waals surface area contributed by atoms with Crippen LogP contribution in [-0.4, -0.2) is 30.2 Å². The number of anilines is 1. The van der Waals surface area contributed by atoms with Crippen LogP contribution in [0.5, 0.6) is 0 Å². The molecule has 0 amide bonds. The van der Waals surface area contributed by atoms with Crippen molar-refractivity contribution in [1.82, 2.24) is 10.4 Å². The molecular weight excluding hydrogens is 432 g/mol. The highest BCUT2D eigenvalue weighted by molar-refractivity contribution is 9.11. The van der Waals surface area contributed by atoms with Crippen molar-refractivity contribution >= 4 is 37.4 Å². The van der Waals surface area contributed by atoms with Crippen molar-refractivity contribution in [3.8, 4) is 0 Å². The maximum absolute atomic E-state index is 11.2. The molecule has 0 spiro atoms. The Kier molecular flexibility index (Phi) is 4.60. The molecule has 9 heteroatoms. The van der Waals surface area contributed by atoms with Crippen LogP contribution in [0.2, 0.25) is 0 Å². The molecule has 0 saturated heterocycles. The zero-order valence-electron chi connectivity index (χ0n) is 13.9. The topological polar surface area (TPSA) is 94.0 Å². The summed E-state index contributed by atoms with van der Waals surface area (Å²) in [5, 5.41) is 5.09. The van der Waals surface area contributed by atoms with Crippen LogP contribution in [0.1, 0.15) is 5.56 Å². The Morgan fingerprint density at radius 2 is 1.81 bits per heavy atom. The predicted octanol–water partition coefficient (Wildman–Crippen LogP) is 3.07. The Morgan fingerprint density at radius 3 is 2.48 bits per heavy atom. The first-order chi connectivity index (χ1) is 12.9. The van der Waals surface area contributed by atoms with Gasteiger partial charge < -0.3 is 5.32 Å². The third-order valence-corrected chi connectivity index (χ3v) is 5.58. The molecule has 0 aromatic heterocycles. The molecule has 0 unspecified atom stereocenters. The summed E-state index contributed by atoms with van der Waals surface area (Å²) < 4.78 is 32.4. The molecule has 0 bridgehead atoms. The summed E-state index contributed by atoms with van der Waals surface area (Å²) in [5.41, 5.74) is 5.69. The Hall–Kier alpha value is -2.46. The van der Waals surface area contributed by atoms with Crippen LogP contribution in [0.4, 0.5) is 5.69 Å². The van der Waals surface area contributed by atoms with E-state index in [0.29, 0.717) is 12.2 Å². The van der Waals surface area contributed by atoms with Gasteiger partial charge in [-0.3, -0.25) is 4.55 Å². The number of aliphatic imine (C=N–C) groups is 1. The molecule has 0 aliphatic carbocycles. The van der Waals surface area contributed by atoms with Gasteiger partial charge in [0, 0.05) is 17.3 Å². The first-order valence-electron chi connectivity index (χ1n) is 8.04. The lowest BCUT2D eigenvalue weighted by Crippen LogP contribution is -2.36. The molecule has 4 rings (SSSR count). The van der Waals surface area contributed by atoms with Crippen molar-refractivity contribution in [3.63, 3.8) is 0 Å². The normalized spacial score (nSPS) is 16.7. The summed E-state index contributed by atoms with van der Waals surface area (Å²) >= 11 is 3.54. The van der Waals surface area contributed by atoms with Crippen molar-refractivity contribution in [3.05, 3.63) is 82.4 Å². The Labute approximate surface area is 165 Å². The molecule has 3 N–H and O–H groups in total. The molecule has 2 aliphatic heterocycles. The van der Waals surface area contributed by atoms with E-state index in [9.17, 15) is 8.42 Å². The minimum atomic E-state index is -4.22. The third kappa shape index (κ3) is 3.67. The molecule has 7 nitrogen and oxygen atoms in total. The lowest BCUT2D eigenvalue weighted by atomic mass is 10.1. The van der Waals surface area contributed by atoms with Crippen LogP contribution in [0.15, 0.2) is 86.7 Å². The second-order valence-electron chi connectivity index (χ2n) is 5.92. The highest BCUT2D eigenvalue weighted by atomic mass is 79.9. The van der Waals surface area contributed by atoms with E-state index in [4.69, 9.17) is 9.55 Å². The van der Waals surface area contributed by atoms with Crippen LogP contribution in [-0.2, 0) is 10.1 Å². The van der Waals surface area contributed by atoms with Gasteiger partial charge in [0.25, 0.3) is 10.1 Å². The van der Waals surface area contributed by atoms with Crippen molar-refractivity contribution in [2.45, 2.75) is 4.90 Å². The molecule has 138 valence electrons. The molecule has 0 saturated carbocycles. The zero-order chi connectivity index (χ0) is 19.0. The minimum Gasteiger partial charge on any atom is -0.340 e. The summed E-state index contributed by atoms with van der Waals surface area (Å²) in [7, 11) is -4.22. The van der Waals surface area contributed by atoms with Gasteiger partial charge >= 0.3 is 0 Å². The molecule has 27 heavy (non-hydrogen) atoms. The van der Waals surface area contributed by atoms with Gasteiger partial charge in [-0.15, -0.1) is 0 Å². The van der Waals surface area contributed by atoms with E-state index in [2.05, 4.69) is 26.7 Å². The lowest BCUT2D eigenvalue weighted by molar-refractivity contribution is 0.353. The molecular formula is C18H15BrN4O3S. The summed E-state index contributed by atoms with van der Waals surface area (Å²) in [4.78, 5) is 4.56. The Balaban J connectivity index is 1.68. The maximum atomic E-state index is 11.2. The van der Waals surface area contributed by atoms with Crippen LogP contribution >= 0.6 is 15.9 Å². The number of benzene rings is 2. The first kappa shape index (κ1) is 17.9. The minimum absolute atomic E-state index is 0.153. The number of nitrogens with one attached hydrogen (secondary N) is 2. The second kappa shape index (κ2) is 6.93. The fraction of sp³-hybridized carbons (Fsp3) is 0.0556. The summed E-state index contributed by atoms with van der Waals surface area (Å²) in [6.07, 6.45) is 1.91. The van der Waals surface area contributed by atoms with Gasteiger partial charge in [0.2, 0.25) is 0 Å². The predicted molar refractivity (Wildman–Crippen MR) is 107 cm³/mol. The molecule has 2 aromatic rings. The van der Waals surface area contributed by atoms with Crippen LogP contribution in [0.3, 0.4) is 0 Å². The van der Waals surface area contributed by atoms with Crippen molar-refractivity contribution in [2.24, 2.45) is 4.99 Å². The van der Waals surface area contributed by atoms with E-state index in [1.54, 1.807) is 12.1 Å². The third-order valence-electron chi connectivity index (χ3n) is 4.08. The number of nitrogens with zero attached hydrogens (tertiary/aromatic N) is 2. The average Bonchev–Trinajstić information content (AvgIpc) is 3.03. The lowest BCUT2D eigenvalue weighted by Gasteiger charge is -2.27. The molecule has 0 atom stereocenters. The summed E-state index contributed by atoms with van der Waals surface area (Å²) in [6.45, 7) is 0.613. The fourth-order valence-corrected chi connectivity index (χ4v) is 3.65. The van der Waals surface area contributed by atoms with Crippen molar-refractivity contribution in [1.29, 1.82) is 0 Å². The number of fused-ring (bicyclic) bond motifs is 1. The van der Waals surface area contributed by atoms with E-state index in [1.165, 1.54) is 12.1 Å². The second-order valence-corrected chi connectivity index (χ2v) is 8.29. The average molecular weight is 447 g/mol. The van der Waals surface area contributed by atoms with Gasteiger partial charge in [0.15, 0.2) is 5.82 Å². The number of hydrazine groups is 1. The van der Waals surface area contributed by atoms with Crippen LogP contribution in [0.25, 0.3) is 0 Å². The molecule has 2 aliphatic rings. The van der Waals surface area contributed by atoms with E-state index < -0.39 is 10.1 Å². The van der Waals surface area contributed by atoms with Gasteiger partial charge in [-0.25, -0.2) is 15.4 Å². The molecule has 2 heterocycles. The number of halogens is 1. The van der Waals surface area contributed by atoms with E-state index in [-0.39, 0.29) is 4.90 Å². The van der Waals surface area contributed by atoms with Crippen LogP contribution < -0.4 is 10.7 Å². The zero-order valence-corrected chi connectivity index (χ0v) is 16.3. The van der Waals surface area contributed by atoms with Crippen molar-refractivity contribution < 1.29 is 13.0 Å². The molecule has 0 fully saturated rings. The molecule has 2 aromatic carbocycles.